The van der Waals surface area contributed by atoms with Crippen molar-refractivity contribution in [3.8, 4) is 11.3 Å². The molecule has 1 aromatic carbocycles. The molecule has 1 aromatic heterocycles. The highest BCUT2D eigenvalue weighted by Crippen LogP contribution is 2.19. The van der Waals surface area contributed by atoms with Crippen molar-refractivity contribution in [1.29, 1.82) is 0 Å². The van der Waals surface area contributed by atoms with Gasteiger partial charge in [0.2, 0.25) is 0 Å². The van der Waals surface area contributed by atoms with Gasteiger partial charge in [-0.2, -0.15) is 0 Å². The lowest BCUT2D eigenvalue weighted by Gasteiger charge is -1.96. The molecule has 0 bridgehead atoms. The van der Waals surface area contributed by atoms with Crippen molar-refractivity contribution in [2.24, 2.45) is 0 Å². The van der Waals surface area contributed by atoms with Gasteiger partial charge < -0.3 is 4.42 Å². The van der Waals surface area contributed by atoms with Gasteiger partial charge in [-0.1, -0.05) is 6.07 Å². The first kappa shape index (κ1) is 7.17. The quantitative estimate of drug-likeness (QED) is 0.620. The summed E-state index contributed by atoms with van der Waals surface area (Å²) in [4.78, 5) is 0. The van der Waals surface area contributed by atoms with Crippen LogP contribution in [0.5, 0.6) is 0 Å². The van der Waals surface area contributed by atoms with Gasteiger partial charge in [-0.3, -0.25) is 0 Å². The molecule has 0 unspecified atom stereocenters. The molecule has 1 radical (unpaired) electrons. The van der Waals surface area contributed by atoms with Crippen molar-refractivity contribution in [3.63, 3.8) is 0 Å². The SMILES string of the molecule is Cc1c[c]cc(-c2ccco2)c1. The first-order chi connectivity index (χ1) is 5.86. The van der Waals surface area contributed by atoms with Crippen LogP contribution in [0.1, 0.15) is 5.56 Å². The molecule has 0 spiro atoms. The van der Waals surface area contributed by atoms with Crippen molar-refractivity contribution >= 4 is 0 Å². The van der Waals surface area contributed by atoms with Crippen LogP contribution in [0.2, 0.25) is 0 Å². The molecule has 0 saturated carbocycles. The van der Waals surface area contributed by atoms with Crippen LogP contribution in [0, 0.1) is 13.0 Å². The number of hydrogen-bond donors (Lipinski definition) is 0. The molecule has 12 heavy (non-hydrogen) atoms. The minimum atomic E-state index is 0.898. The highest BCUT2D eigenvalue weighted by Gasteiger charge is 1.98. The molecule has 0 aliphatic rings. The van der Waals surface area contributed by atoms with Crippen LogP contribution in [-0.2, 0) is 0 Å². The maximum atomic E-state index is 5.25. The Hall–Kier alpha value is -1.50. The third kappa shape index (κ3) is 1.26. The summed E-state index contributed by atoms with van der Waals surface area (Å²) < 4.78 is 5.25. The normalized spacial score (nSPS) is 10.1. The Kier molecular flexibility index (Phi) is 1.71. The molecular weight excluding hydrogens is 148 g/mol. The zero-order valence-electron chi connectivity index (χ0n) is 6.87. The molecule has 1 heteroatoms. The van der Waals surface area contributed by atoms with E-state index in [0.717, 1.165) is 11.3 Å². The van der Waals surface area contributed by atoms with E-state index in [-0.39, 0.29) is 0 Å². The number of aryl methyl sites for hydroxylation is 1. The van der Waals surface area contributed by atoms with Gasteiger partial charge in [-0.15, -0.1) is 0 Å². The summed E-state index contributed by atoms with van der Waals surface area (Å²) in [7, 11) is 0. The second kappa shape index (κ2) is 2.86. The smallest absolute Gasteiger partial charge is 0.133 e. The van der Waals surface area contributed by atoms with Crippen molar-refractivity contribution in [3.05, 3.63) is 48.2 Å². The van der Waals surface area contributed by atoms with E-state index in [1.807, 2.05) is 31.2 Å². The van der Waals surface area contributed by atoms with E-state index in [2.05, 4.69) is 12.1 Å². The van der Waals surface area contributed by atoms with Crippen LogP contribution in [0.25, 0.3) is 11.3 Å². The molecule has 2 rings (SSSR count). The average Bonchev–Trinajstić information content (AvgIpc) is 2.56. The van der Waals surface area contributed by atoms with Gasteiger partial charge in [0.25, 0.3) is 0 Å². The third-order valence-electron chi connectivity index (χ3n) is 1.74. The van der Waals surface area contributed by atoms with Crippen molar-refractivity contribution in [1.82, 2.24) is 0 Å². The summed E-state index contributed by atoms with van der Waals surface area (Å²) in [6.07, 6.45) is 1.68. The number of hydrogen-bond acceptors (Lipinski definition) is 1. The summed E-state index contributed by atoms with van der Waals surface area (Å²) >= 11 is 0. The minimum Gasteiger partial charge on any atom is -0.464 e. The molecule has 0 fully saturated rings. The molecule has 0 saturated heterocycles. The van der Waals surface area contributed by atoms with Crippen LogP contribution in [0.15, 0.2) is 41.0 Å². The van der Waals surface area contributed by atoms with Crippen LogP contribution >= 0.6 is 0 Å². The van der Waals surface area contributed by atoms with E-state index in [9.17, 15) is 0 Å². The Morgan fingerprint density at radius 2 is 2.25 bits per heavy atom. The summed E-state index contributed by atoms with van der Waals surface area (Å²) in [5, 5.41) is 0. The molecule has 2 aromatic rings. The van der Waals surface area contributed by atoms with E-state index in [4.69, 9.17) is 4.42 Å². The van der Waals surface area contributed by atoms with Gasteiger partial charge in [-0.25, -0.2) is 0 Å². The summed E-state index contributed by atoms with van der Waals surface area (Å²) in [6.45, 7) is 2.04. The van der Waals surface area contributed by atoms with E-state index in [1.54, 1.807) is 6.26 Å². The first-order valence-corrected chi connectivity index (χ1v) is 3.88. The molecule has 0 aliphatic heterocycles. The Labute approximate surface area is 71.6 Å². The fraction of sp³-hybridized carbons (Fsp3) is 0.0909. The van der Waals surface area contributed by atoms with Gasteiger partial charge in [0.1, 0.15) is 5.76 Å². The lowest BCUT2D eigenvalue weighted by atomic mass is 10.1. The molecule has 59 valence electrons. The van der Waals surface area contributed by atoms with Crippen LogP contribution < -0.4 is 0 Å². The van der Waals surface area contributed by atoms with E-state index in [1.165, 1.54) is 5.56 Å². The third-order valence-corrected chi connectivity index (χ3v) is 1.74. The van der Waals surface area contributed by atoms with Crippen molar-refractivity contribution in [2.75, 3.05) is 0 Å². The molecule has 0 atom stereocenters. The molecule has 1 heterocycles. The highest BCUT2D eigenvalue weighted by molar-refractivity contribution is 5.57. The Bertz CT molecular complexity index is 360. The standard InChI is InChI=1S/C11H9O/c1-9-4-2-5-10(8-9)11-6-3-7-12-11/h3-8H,1H3. The lowest BCUT2D eigenvalue weighted by Crippen LogP contribution is -1.75. The maximum absolute atomic E-state index is 5.25. The molecule has 0 amide bonds. The van der Waals surface area contributed by atoms with Crippen LogP contribution in [0.4, 0.5) is 0 Å². The summed E-state index contributed by atoms with van der Waals surface area (Å²) in [5.41, 5.74) is 2.28. The summed E-state index contributed by atoms with van der Waals surface area (Å²) in [5.74, 6) is 0.898. The molecule has 0 N–H and O–H groups in total. The first-order valence-electron chi connectivity index (χ1n) is 3.88. The number of benzene rings is 1. The Balaban J connectivity index is 2.48. The fourth-order valence-corrected chi connectivity index (χ4v) is 1.18. The summed E-state index contributed by atoms with van der Waals surface area (Å²) in [6, 6.07) is 12.8. The zero-order valence-corrected chi connectivity index (χ0v) is 6.87. The predicted molar refractivity (Wildman–Crippen MR) is 47.7 cm³/mol. The minimum absolute atomic E-state index is 0.898. The monoisotopic (exact) mass is 157 g/mol. The highest BCUT2D eigenvalue weighted by atomic mass is 16.3. The Morgan fingerprint density at radius 1 is 1.33 bits per heavy atom. The molecule has 1 nitrogen and oxygen atoms in total. The average molecular weight is 157 g/mol. The lowest BCUT2D eigenvalue weighted by molar-refractivity contribution is 0.582. The van der Waals surface area contributed by atoms with Crippen LogP contribution in [-0.4, -0.2) is 0 Å². The topological polar surface area (TPSA) is 13.1 Å². The van der Waals surface area contributed by atoms with Gasteiger partial charge in [0.15, 0.2) is 0 Å². The van der Waals surface area contributed by atoms with Crippen molar-refractivity contribution in [2.45, 2.75) is 6.92 Å². The molecule has 0 aliphatic carbocycles. The zero-order chi connectivity index (χ0) is 8.39. The number of furan rings is 1. The van der Waals surface area contributed by atoms with Crippen LogP contribution in [0.3, 0.4) is 0 Å². The van der Waals surface area contributed by atoms with E-state index in [0.29, 0.717) is 0 Å². The van der Waals surface area contributed by atoms with Gasteiger partial charge >= 0.3 is 0 Å². The largest absolute Gasteiger partial charge is 0.464 e. The number of rotatable bonds is 1. The fourth-order valence-electron chi connectivity index (χ4n) is 1.18. The predicted octanol–water partition coefficient (Wildman–Crippen LogP) is 3.06. The van der Waals surface area contributed by atoms with Gasteiger partial charge in [0, 0.05) is 5.56 Å². The van der Waals surface area contributed by atoms with Gasteiger partial charge in [-0.05, 0) is 42.8 Å². The molecular formula is C11H9O. The second-order valence-corrected chi connectivity index (χ2v) is 2.78. The second-order valence-electron chi connectivity index (χ2n) is 2.78. The van der Waals surface area contributed by atoms with Crippen molar-refractivity contribution < 1.29 is 4.42 Å². The maximum Gasteiger partial charge on any atom is 0.133 e. The van der Waals surface area contributed by atoms with Gasteiger partial charge in [0.05, 0.1) is 6.26 Å². The van der Waals surface area contributed by atoms with E-state index >= 15 is 0 Å². The van der Waals surface area contributed by atoms with E-state index < -0.39 is 0 Å². The Morgan fingerprint density at radius 3 is 2.92 bits per heavy atom.